The topological polar surface area (TPSA) is 45.2 Å². The predicted molar refractivity (Wildman–Crippen MR) is 89.9 cm³/mol. The molecule has 1 aromatic carbocycles. The molecule has 1 aromatic heterocycles. The van der Waals surface area contributed by atoms with Crippen LogP contribution in [0.4, 0.5) is 5.69 Å². The maximum atomic E-state index is 12.7. The van der Waals surface area contributed by atoms with Crippen molar-refractivity contribution in [1.82, 2.24) is 9.88 Å². The van der Waals surface area contributed by atoms with Crippen molar-refractivity contribution in [2.24, 2.45) is 0 Å². The van der Waals surface area contributed by atoms with E-state index in [4.69, 9.17) is 0 Å². The monoisotopic (exact) mass is 297 g/mol. The summed E-state index contributed by atoms with van der Waals surface area (Å²) in [5.74, 6) is 0.0283. The minimum atomic E-state index is 0.0283. The number of nitrogens with zero attached hydrogens (tertiary/aromatic N) is 2. The second kappa shape index (κ2) is 7.59. The number of benzene rings is 1. The van der Waals surface area contributed by atoms with Gasteiger partial charge in [0.1, 0.15) is 0 Å². The first-order valence-electron chi connectivity index (χ1n) is 7.66. The molecule has 4 heteroatoms. The van der Waals surface area contributed by atoms with E-state index < -0.39 is 0 Å². The van der Waals surface area contributed by atoms with Crippen molar-refractivity contribution in [3.63, 3.8) is 0 Å². The Hall–Kier alpha value is -2.36. The lowest BCUT2D eigenvalue weighted by molar-refractivity contribution is 0.0750. The molecule has 1 N–H and O–H groups in total. The molecular formula is C18H23N3O. The number of pyridine rings is 1. The quantitative estimate of drug-likeness (QED) is 0.886. The maximum Gasteiger partial charge on any atom is 0.254 e. The number of hydrogen-bond donors (Lipinski definition) is 1. The second-order valence-corrected chi connectivity index (χ2v) is 5.52. The van der Waals surface area contributed by atoms with Crippen molar-refractivity contribution in [3.05, 3.63) is 59.9 Å². The lowest BCUT2D eigenvalue weighted by Gasteiger charge is -2.21. The number of anilines is 1. The first-order valence-corrected chi connectivity index (χ1v) is 7.66. The Labute approximate surface area is 132 Å². The molecule has 116 valence electrons. The number of hydrogen-bond acceptors (Lipinski definition) is 3. The maximum absolute atomic E-state index is 12.7. The summed E-state index contributed by atoms with van der Waals surface area (Å²) in [6.07, 6.45) is 1.75. The molecule has 0 bridgehead atoms. The molecule has 0 saturated heterocycles. The van der Waals surface area contributed by atoms with Gasteiger partial charge in [-0.2, -0.15) is 0 Å². The molecule has 4 nitrogen and oxygen atoms in total. The zero-order chi connectivity index (χ0) is 15.9. The molecule has 2 rings (SSSR count). The molecular weight excluding hydrogens is 274 g/mol. The molecule has 0 aliphatic carbocycles. The first kappa shape index (κ1) is 16.0. The van der Waals surface area contributed by atoms with Gasteiger partial charge in [-0.15, -0.1) is 0 Å². The number of amides is 1. The van der Waals surface area contributed by atoms with E-state index in [2.05, 4.69) is 24.1 Å². The van der Waals surface area contributed by atoms with E-state index in [-0.39, 0.29) is 5.91 Å². The van der Waals surface area contributed by atoms with E-state index in [1.54, 1.807) is 11.1 Å². The molecule has 0 radical (unpaired) electrons. The summed E-state index contributed by atoms with van der Waals surface area (Å²) in [6, 6.07) is 13.7. The van der Waals surface area contributed by atoms with Gasteiger partial charge < -0.3 is 10.2 Å². The van der Waals surface area contributed by atoms with Crippen molar-refractivity contribution in [1.29, 1.82) is 0 Å². The standard InChI is InChI=1S/C18H23N3O/c1-4-21(13-17-9-5-6-11-19-17)18(22)15-8-7-10-16(12-15)20-14(2)3/h5-12,14,20H,4,13H2,1-3H3. The largest absolute Gasteiger partial charge is 0.383 e. The minimum Gasteiger partial charge on any atom is -0.383 e. The summed E-state index contributed by atoms with van der Waals surface area (Å²) >= 11 is 0. The van der Waals surface area contributed by atoms with Gasteiger partial charge in [0.15, 0.2) is 0 Å². The van der Waals surface area contributed by atoms with Crippen LogP contribution in [0, 0.1) is 0 Å². The van der Waals surface area contributed by atoms with Gasteiger partial charge in [0.2, 0.25) is 0 Å². The van der Waals surface area contributed by atoms with Crippen LogP contribution >= 0.6 is 0 Å². The van der Waals surface area contributed by atoms with E-state index in [0.29, 0.717) is 24.7 Å². The summed E-state index contributed by atoms with van der Waals surface area (Å²) < 4.78 is 0. The van der Waals surface area contributed by atoms with Gasteiger partial charge in [-0.05, 0) is 51.1 Å². The number of carbonyl (C=O) groups excluding carboxylic acids is 1. The first-order chi connectivity index (χ1) is 10.6. The third kappa shape index (κ3) is 4.32. The normalized spacial score (nSPS) is 10.5. The average molecular weight is 297 g/mol. The Balaban J connectivity index is 2.14. The summed E-state index contributed by atoms with van der Waals surface area (Å²) in [4.78, 5) is 18.8. The zero-order valence-electron chi connectivity index (χ0n) is 13.4. The predicted octanol–water partition coefficient (Wildman–Crippen LogP) is 3.56. The average Bonchev–Trinajstić information content (AvgIpc) is 2.52. The molecule has 0 saturated carbocycles. The molecule has 1 amide bonds. The molecule has 0 fully saturated rings. The molecule has 2 aromatic rings. The summed E-state index contributed by atoms with van der Waals surface area (Å²) in [6.45, 7) is 7.31. The van der Waals surface area contributed by atoms with Crippen molar-refractivity contribution >= 4 is 11.6 Å². The van der Waals surface area contributed by atoms with Gasteiger partial charge >= 0.3 is 0 Å². The molecule has 0 unspecified atom stereocenters. The van der Waals surface area contributed by atoms with Gasteiger partial charge in [-0.1, -0.05) is 12.1 Å². The van der Waals surface area contributed by atoms with E-state index >= 15 is 0 Å². The Kier molecular flexibility index (Phi) is 5.53. The fraction of sp³-hybridized carbons (Fsp3) is 0.333. The highest BCUT2D eigenvalue weighted by molar-refractivity contribution is 5.95. The summed E-state index contributed by atoms with van der Waals surface area (Å²) in [7, 11) is 0. The van der Waals surface area contributed by atoms with Crippen LogP contribution in [0.5, 0.6) is 0 Å². The van der Waals surface area contributed by atoms with Crippen molar-refractivity contribution in [2.45, 2.75) is 33.4 Å². The Bertz CT molecular complexity index is 611. The van der Waals surface area contributed by atoms with Crippen molar-refractivity contribution in [2.75, 3.05) is 11.9 Å². The van der Waals surface area contributed by atoms with Gasteiger partial charge in [0.25, 0.3) is 5.91 Å². The molecule has 22 heavy (non-hydrogen) atoms. The molecule has 0 atom stereocenters. The molecule has 1 heterocycles. The highest BCUT2D eigenvalue weighted by atomic mass is 16.2. The van der Waals surface area contributed by atoms with Crippen LogP contribution in [0.1, 0.15) is 36.8 Å². The highest BCUT2D eigenvalue weighted by Gasteiger charge is 2.15. The number of rotatable bonds is 6. The van der Waals surface area contributed by atoms with E-state index in [1.165, 1.54) is 0 Å². The van der Waals surface area contributed by atoms with Crippen LogP contribution in [-0.4, -0.2) is 28.4 Å². The van der Waals surface area contributed by atoms with Gasteiger partial charge in [0.05, 0.1) is 12.2 Å². The fourth-order valence-corrected chi connectivity index (χ4v) is 2.27. The lowest BCUT2D eigenvalue weighted by atomic mass is 10.1. The van der Waals surface area contributed by atoms with Crippen molar-refractivity contribution < 1.29 is 4.79 Å². The fourth-order valence-electron chi connectivity index (χ4n) is 2.27. The Morgan fingerprint density at radius 3 is 2.68 bits per heavy atom. The van der Waals surface area contributed by atoms with E-state index in [9.17, 15) is 4.79 Å². The van der Waals surface area contributed by atoms with Crippen LogP contribution in [-0.2, 0) is 6.54 Å². The zero-order valence-corrected chi connectivity index (χ0v) is 13.4. The van der Waals surface area contributed by atoms with Crippen LogP contribution in [0.15, 0.2) is 48.7 Å². The third-order valence-corrected chi connectivity index (χ3v) is 3.31. The number of nitrogens with one attached hydrogen (secondary N) is 1. The van der Waals surface area contributed by atoms with Crippen molar-refractivity contribution in [3.8, 4) is 0 Å². The minimum absolute atomic E-state index is 0.0283. The molecule has 0 aliphatic heterocycles. The lowest BCUT2D eigenvalue weighted by Crippen LogP contribution is -2.30. The summed E-state index contributed by atoms with van der Waals surface area (Å²) in [5.41, 5.74) is 2.56. The van der Waals surface area contributed by atoms with Crippen LogP contribution < -0.4 is 5.32 Å². The molecule has 0 aliphatic rings. The van der Waals surface area contributed by atoms with Gasteiger partial charge in [-0.25, -0.2) is 0 Å². The Morgan fingerprint density at radius 1 is 1.23 bits per heavy atom. The van der Waals surface area contributed by atoms with E-state index in [0.717, 1.165) is 11.4 Å². The second-order valence-electron chi connectivity index (χ2n) is 5.52. The van der Waals surface area contributed by atoms with Crippen LogP contribution in [0.3, 0.4) is 0 Å². The SMILES string of the molecule is CCN(Cc1ccccn1)C(=O)c1cccc(NC(C)C)c1. The highest BCUT2D eigenvalue weighted by Crippen LogP contribution is 2.15. The number of aromatic nitrogens is 1. The molecule has 0 spiro atoms. The van der Waals surface area contributed by atoms with Gasteiger partial charge in [0, 0.05) is 30.0 Å². The summed E-state index contributed by atoms with van der Waals surface area (Å²) in [5, 5.41) is 3.32. The Morgan fingerprint density at radius 2 is 2.05 bits per heavy atom. The van der Waals surface area contributed by atoms with Crippen LogP contribution in [0.25, 0.3) is 0 Å². The smallest absolute Gasteiger partial charge is 0.254 e. The van der Waals surface area contributed by atoms with E-state index in [1.807, 2.05) is 49.4 Å². The number of carbonyl (C=O) groups is 1. The third-order valence-electron chi connectivity index (χ3n) is 3.31. The van der Waals surface area contributed by atoms with Crippen LogP contribution in [0.2, 0.25) is 0 Å². The van der Waals surface area contributed by atoms with Gasteiger partial charge in [-0.3, -0.25) is 9.78 Å².